The van der Waals surface area contributed by atoms with Crippen LogP contribution in [-0.4, -0.2) is 22.2 Å². The van der Waals surface area contributed by atoms with Gasteiger partial charge in [0.1, 0.15) is 0 Å². The maximum Gasteiger partial charge on any atom is 0.335 e. The average molecular weight is 292 g/mol. The Balaban J connectivity index is -0.000000300. The highest BCUT2D eigenvalue weighted by atomic mass is 16.4. The summed E-state index contributed by atoms with van der Waals surface area (Å²) in [5, 5.41) is 16.9. The van der Waals surface area contributed by atoms with E-state index >= 15 is 0 Å². The number of carboxylic acids is 2. The highest BCUT2D eigenvalue weighted by Crippen LogP contribution is 2.03. The van der Waals surface area contributed by atoms with Crippen LogP contribution in [0.2, 0.25) is 0 Å². The van der Waals surface area contributed by atoms with Gasteiger partial charge >= 0.3 is 11.9 Å². The highest BCUT2D eigenvalue weighted by molar-refractivity contribution is 5.91. The monoisotopic (exact) mass is 292 g/mol. The molecule has 0 aliphatic rings. The molecule has 0 saturated heterocycles. The molecule has 0 radical (unpaired) electrons. The van der Waals surface area contributed by atoms with Crippen molar-refractivity contribution in [3.63, 3.8) is 0 Å². The van der Waals surface area contributed by atoms with Gasteiger partial charge in [0.2, 0.25) is 0 Å². The number of hydrogen-bond donors (Lipinski definition) is 2. The van der Waals surface area contributed by atoms with Gasteiger partial charge < -0.3 is 10.2 Å². The van der Waals surface area contributed by atoms with Crippen LogP contribution in [0.3, 0.4) is 0 Å². The van der Waals surface area contributed by atoms with Gasteiger partial charge in [0.05, 0.1) is 11.1 Å². The lowest BCUT2D eigenvalue weighted by molar-refractivity contribution is 0.0681. The molecule has 0 aromatic heterocycles. The van der Waals surface area contributed by atoms with Crippen LogP contribution in [-0.2, 0) is 0 Å². The molecular formula is C17H24O4. The molecule has 21 heavy (non-hydrogen) atoms. The molecule has 0 unspecified atom stereocenters. The third-order valence-electron chi connectivity index (χ3n) is 1.38. The molecule has 0 heterocycles. The maximum atomic E-state index is 10.3. The lowest BCUT2D eigenvalue weighted by Crippen LogP contribution is -1.99. The van der Waals surface area contributed by atoms with E-state index < -0.39 is 11.9 Å². The second-order valence-corrected chi connectivity index (χ2v) is 3.41. The van der Waals surface area contributed by atoms with E-state index in [9.17, 15) is 9.59 Å². The summed E-state index contributed by atoms with van der Waals surface area (Å²) in [6.07, 6.45) is 5.25. The summed E-state index contributed by atoms with van der Waals surface area (Å²) in [5.74, 6) is -2.13. The smallest absolute Gasteiger partial charge is 0.335 e. The number of carboxylic acid groups (broad SMARTS) is 2. The number of rotatable bonds is 2. The molecule has 4 heteroatoms. The molecule has 2 N–H and O–H groups in total. The lowest BCUT2D eigenvalue weighted by Gasteiger charge is -1.94. The van der Waals surface area contributed by atoms with Crippen molar-refractivity contribution in [2.24, 2.45) is 0 Å². The van der Waals surface area contributed by atoms with Crippen molar-refractivity contribution in [3.05, 3.63) is 73.4 Å². The van der Waals surface area contributed by atoms with Gasteiger partial charge in [-0.1, -0.05) is 18.2 Å². The van der Waals surface area contributed by atoms with Crippen LogP contribution < -0.4 is 0 Å². The summed E-state index contributed by atoms with van der Waals surface area (Å²) in [6.45, 7) is 15.8. The maximum absolute atomic E-state index is 10.3. The van der Waals surface area contributed by atoms with Crippen LogP contribution in [0.1, 0.15) is 41.5 Å². The Labute approximate surface area is 126 Å². The van der Waals surface area contributed by atoms with Crippen molar-refractivity contribution in [3.8, 4) is 0 Å². The Bertz CT molecular complexity index is 383. The van der Waals surface area contributed by atoms with E-state index in [2.05, 4.69) is 19.7 Å². The number of carbonyl (C=O) groups is 2. The van der Waals surface area contributed by atoms with Crippen LogP contribution in [0.5, 0.6) is 0 Å². The van der Waals surface area contributed by atoms with Gasteiger partial charge in [-0.3, -0.25) is 0 Å². The number of benzene rings is 1. The first-order chi connectivity index (χ1) is 9.85. The summed E-state index contributed by atoms with van der Waals surface area (Å²) in [4.78, 5) is 20.7. The van der Waals surface area contributed by atoms with Gasteiger partial charge in [-0.05, 0) is 45.0 Å². The summed E-state index contributed by atoms with van der Waals surface area (Å²) in [5.41, 5.74) is 0.167. The first-order valence-electron chi connectivity index (χ1n) is 6.13. The minimum atomic E-state index is -1.06. The van der Waals surface area contributed by atoms with Crippen LogP contribution in [0, 0.1) is 0 Å². The zero-order valence-corrected chi connectivity index (χ0v) is 12.9. The van der Waals surface area contributed by atoms with Crippen LogP contribution >= 0.6 is 0 Å². The summed E-state index contributed by atoms with van der Waals surface area (Å²) >= 11 is 0. The minimum Gasteiger partial charge on any atom is -0.478 e. The second-order valence-electron chi connectivity index (χ2n) is 3.41. The fourth-order valence-electron chi connectivity index (χ4n) is 0.755. The predicted octanol–water partition coefficient (Wildman–Crippen LogP) is 4.66. The number of aromatic carboxylic acids is 2. The SMILES string of the molecule is C=CC.C=CC.C=CC.O=C(O)c1ccc(C(=O)O)cc1. The zero-order valence-electron chi connectivity index (χ0n) is 12.9. The molecular weight excluding hydrogens is 268 g/mol. The van der Waals surface area contributed by atoms with Crippen molar-refractivity contribution in [1.82, 2.24) is 0 Å². The lowest BCUT2D eigenvalue weighted by atomic mass is 10.1. The average Bonchev–Trinajstić information content (AvgIpc) is 2.41. The molecule has 0 aliphatic carbocycles. The Morgan fingerprint density at radius 1 is 0.762 bits per heavy atom. The third-order valence-corrected chi connectivity index (χ3v) is 1.38. The quantitative estimate of drug-likeness (QED) is 0.777. The molecule has 0 amide bonds. The van der Waals surface area contributed by atoms with E-state index in [4.69, 9.17) is 10.2 Å². The molecule has 0 bridgehead atoms. The number of allylic oxidation sites excluding steroid dienone is 3. The highest BCUT2D eigenvalue weighted by Gasteiger charge is 2.04. The molecule has 0 spiro atoms. The van der Waals surface area contributed by atoms with E-state index in [1.165, 1.54) is 24.3 Å². The standard InChI is InChI=1S/C8H6O4.3C3H6/c9-7(10)5-1-2-6(4-3-5)8(11)12;3*1-3-2/h1-4H,(H,9,10)(H,11,12);3*3H,1H2,2H3. The Morgan fingerprint density at radius 3 is 1.00 bits per heavy atom. The first-order valence-corrected chi connectivity index (χ1v) is 6.13. The van der Waals surface area contributed by atoms with Crippen molar-refractivity contribution in [1.29, 1.82) is 0 Å². The fourth-order valence-corrected chi connectivity index (χ4v) is 0.755. The van der Waals surface area contributed by atoms with Gasteiger partial charge in [0.15, 0.2) is 0 Å². The Morgan fingerprint density at radius 2 is 0.905 bits per heavy atom. The fraction of sp³-hybridized carbons (Fsp3) is 0.176. The predicted molar refractivity (Wildman–Crippen MR) is 88.0 cm³/mol. The molecule has 0 atom stereocenters. The Hall–Kier alpha value is -2.62. The van der Waals surface area contributed by atoms with Crippen molar-refractivity contribution in [2.75, 3.05) is 0 Å². The third kappa shape index (κ3) is 17.4. The van der Waals surface area contributed by atoms with E-state index in [0.29, 0.717) is 0 Å². The summed E-state index contributed by atoms with van der Waals surface area (Å²) in [7, 11) is 0. The van der Waals surface area contributed by atoms with Crippen molar-refractivity contribution >= 4 is 11.9 Å². The van der Waals surface area contributed by atoms with Gasteiger partial charge in [0, 0.05) is 0 Å². The van der Waals surface area contributed by atoms with Gasteiger partial charge in [-0.25, -0.2) is 9.59 Å². The van der Waals surface area contributed by atoms with Crippen molar-refractivity contribution < 1.29 is 19.8 Å². The summed E-state index contributed by atoms with van der Waals surface area (Å²) in [6, 6.07) is 5.02. The van der Waals surface area contributed by atoms with Gasteiger partial charge in [-0.2, -0.15) is 0 Å². The van der Waals surface area contributed by atoms with E-state index in [0.717, 1.165) is 0 Å². The Kier molecular flexibility index (Phi) is 19.4. The molecule has 4 nitrogen and oxygen atoms in total. The zero-order chi connectivity index (χ0) is 17.3. The molecule has 0 aliphatic heterocycles. The van der Waals surface area contributed by atoms with Gasteiger partial charge in [0.25, 0.3) is 0 Å². The topological polar surface area (TPSA) is 74.6 Å². The molecule has 0 saturated carbocycles. The largest absolute Gasteiger partial charge is 0.478 e. The molecule has 1 aromatic carbocycles. The van der Waals surface area contributed by atoms with E-state index in [1.54, 1.807) is 18.2 Å². The molecule has 0 fully saturated rings. The van der Waals surface area contributed by atoms with Gasteiger partial charge in [-0.15, -0.1) is 19.7 Å². The molecule has 1 aromatic rings. The molecule has 116 valence electrons. The van der Waals surface area contributed by atoms with Crippen LogP contribution in [0.15, 0.2) is 62.2 Å². The van der Waals surface area contributed by atoms with Crippen LogP contribution in [0.25, 0.3) is 0 Å². The minimum absolute atomic E-state index is 0.0833. The number of hydrogen-bond acceptors (Lipinski definition) is 2. The first kappa shape index (κ1) is 23.5. The van der Waals surface area contributed by atoms with Crippen molar-refractivity contribution in [2.45, 2.75) is 20.8 Å². The van der Waals surface area contributed by atoms with Crippen LogP contribution in [0.4, 0.5) is 0 Å². The van der Waals surface area contributed by atoms with E-state index in [1.807, 2.05) is 20.8 Å². The van der Waals surface area contributed by atoms with E-state index in [-0.39, 0.29) is 11.1 Å². The molecule has 1 rings (SSSR count). The second kappa shape index (κ2) is 17.4. The normalized spacial score (nSPS) is 7.19. The summed E-state index contributed by atoms with van der Waals surface area (Å²) < 4.78 is 0.